The number of rotatable bonds is 8. The molecule has 0 N–H and O–H groups in total. The fourth-order valence-electron chi connectivity index (χ4n) is 2.29. The molecule has 2 aromatic rings. The molecule has 0 aliphatic rings. The van der Waals surface area contributed by atoms with Crippen LogP contribution in [0.25, 0.3) is 0 Å². The Kier molecular flexibility index (Phi) is 6.85. The van der Waals surface area contributed by atoms with E-state index < -0.39 is 10.9 Å². The molecule has 26 heavy (non-hydrogen) atoms. The molecule has 2 rings (SSSR count). The first kappa shape index (κ1) is 19.6. The zero-order valence-electron chi connectivity index (χ0n) is 13.9. The summed E-state index contributed by atoms with van der Waals surface area (Å²) in [7, 11) is 1.46. The minimum Gasteiger partial charge on any atom is -0.496 e. The molecule has 2 aromatic carbocycles. The monoisotopic (exact) mass is 421 g/mol. The van der Waals surface area contributed by atoms with Crippen LogP contribution >= 0.6 is 15.9 Å². The van der Waals surface area contributed by atoms with Gasteiger partial charge < -0.3 is 9.47 Å². The lowest BCUT2D eigenvalue weighted by Gasteiger charge is -2.08. The predicted octanol–water partition coefficient (Wildman–Crippen LogP) is 4.07. The summed E-state index contributed by atoms with van der Waals surface area (Å²) in [4.78, 5) is 34.6. The largest absolute Gasteiger partial charge is 0.496 e. The zero-order valence-corrected chi connectivity index (χ0v) is 15.5. The molecule has 136 valence electrons. The predicted molar refractivity (Wildman–Crippen MR) is 97.2 cm³/mol. The maximum absolute atomic E-state index is 12.3. The van der Waals surface area contributed by atoms with Crippen LogP contribution in [0.2, 0.25) is 0 Å². The Bertz CT molecular complexity index is 836. The Morgan fingerprint density at radius 1 is 1.15 bits per heavy atom. The standard InChI is InChI=1S/C18H16BrNO6/c1-25-17-8-6-13(19)10-14(17)16(21)7-9-18(22)26-11-12-4-2-3-5-15(12)20(23)24/h2-6,8,10H,7,9,11H2,1H3. The highest BCUT2D eigenvalue weighted by atomic mass is 79.9. The van der Waals surface area contributed by atoms with Crippen LogP contribution in [0.1, 0.15) is 28.8 Å². The van der Waals surface area contributed by atoms with Gasteiger partial charge in [-0.25, -0.2) is 0 Å². The van der Waals surface area contributed by atoms with Gasteiger partial charge in [-0.3, -0.25) is 19.7 Å². The number of hydrogen-bond donors (Lipinski definition) is 0. The lowest BCUT2D eigenvalue weighted by molar-refractivity contribution is -0.385. The Balaban J connectivity index is 1.92. The number of nitro groups is 1. The number of benzene rings is 2. The van der Waals surface area contributed by atoms with E-state index in [1.54, 1.807) is 24.3 Å². The van der Waals surface area contributed by atoms with Gasteiger partial charge in [0.05, 0.1) is 29.6 Å². The smallest absolute Gasteiger partial charge is 0.306 e. The first-order valence-electron chi connectivity index (χ1n) is 7.67. The van der Waals surface area contributed by atoms with Crippen molar-refractivity contribution in [3.8, 4) is 5.75 Å². The average Bonchev–Trinajstić information content (AvgIpc) is 2.64. The molecule has 8 heteroatoms. The number of carbonyl (C=O) groups is 2. The Hall–Kier alpha value is -2.74. The number of halogens is 1. The van der Waals surface area contributed by atoms with Gasteiger partial charge in [0.15, 0.2) is 5.78 Å². The molecular formula is C18H16BrNO6. The maximum Gasteiger partial charge on any atom is 0.306 e. The highest BCUT2D eigenvalue weighted by Gasteiger charge is 2.17. The number of para-hydroxylation sites is 1. The number of esters is 1. The van der Waals surface area contributed by atoms with E-state index >= 15 is 0 Å². The second kappa shape index (κ2) is 9.10. The Morgan fingerprint density at radius 2 is 1.88 bits per heavy atom. The molecule has 0 saturated carbocycles. The summed E-state index contributed by atoms with van der Waals surface area (Å²) in [5, 5.41) is 10.9. The van der Waals surface area contributed by atoms with Gasteiger partial charge in [-0.1, -0.05) is 28.1 Å². The molecule has 0 bridgehead atoms. The van der Waals surface area contributed by atoms with Crippen molar-refractivity contribution in [2.45, 2.75) is 19.4 Å². The lowest BCUT2D eigenvalue weighted by atomic mass is 10.1. The minimum atomic E-state index is -0.606. The summed E-state index contributed by atoms with van der Waals surface area (Å²) in [5.74, 6) is -0.442. The topological polar surface area (TPSA) is 95.7 Å². The molecule has 0 unspecified atom stereocenters. The van der Waals surface area contributed by atoms with Crippen molar-refractivity contribution in [2.24, 2.45) is 0 Å². The highest BCUT2D eigenvalue weighted by molar-refractivity contribution is 9.10. The van der Waals surface area contributed by atoms with E-state index in [4.69, 9.17) is 9.47 Å². The number of nitrogens with zero attached hydrogens (tertiary/aromatic N) is 1. The summed E-state index contributed by atoms with van der Waals surface area (Å²) >= 11 is 3.29. The first-order valence-corrected chi connectivity index (χ1v) is 8.46. The molecule has 0 heterocycles. The average molecular weight is 422 g/mol. The molecule has 0 saturated heterocycles. The van der Waals surface area contributed by atoms with Crippen LogP contribution in [0.3, 0.4) is 0 Å². The van der Waals surface area contributed by atoms with Crippen LogP contribution in [0.15, 0.2) is 46.9 Å². The van der Waals surface area contributed by atoms with Gasteiger partial charge >= 0.3 is 5.97 Å². The van der Waals surface area contributed by atoms with Crippen molar-refractivity contribution in [1.29, 1.82) is 0 Å². The van der Waals surface area contributed by atoms with Crippen LogP contribution in [0.4, 0.5) is 5.69 Å². The highest BCUT2D eigenvalue weighted by Crippen LogP contribution is 2.25. The van der Waals surface area contributed by atoms with E-state index in [-0.39, 0.29) is 30.9 Å². The number of carbonyl (C=O) groups excluding carboxylic acids is 2. The number of Topliss-reactive ketones (excluding diaryl/α,β-unsaturated/α-hetero) is 1. The number of ketones is 1. The molecule has 0 fully saturated rings. The molecule has 0 amide bonds. The van der Waals surface area contributed by atoms with Crippen LogP contribution in [-0.4, -0.2) is 23.8 Å². The van der Waals surface area contributed by atoms with Crippen molar-refractivity contribution >= 4 is 33.4 Å². The summed E-state index contributed by atoms with van der Waals surface area (Å²) in [6.45, 7) is -0.218. The van der Waals surface area contributed by atoms with Gasteiger partial charge in [-0.15, -0.1) is 0 Å². The van der Waals surface area contributed by atoms with Crippen LogP contribution < -0.4 is 4.74 Å². The van der Waals surface area contributed by atoms with Crippen molar-refractivity contribution in [3.63, 3.8) is 0 Å². The number of hydrogen-bond acceptors (Lipinski definition) is 6. The van der Waals surface area contributed by atoms with E-state index in [1.807, 2.05) is 0 Å². The van der Waals surface area contributed by atoms with Crippen LogP contribution in [-0.2, 0) is 16.1 Å². The first-order chi connectivity index (χ1) is 12.4. The molecule has 0 atom stereocenters. The second-order valence-corrected chi connectivity index (χ2v) is 6.23. The van der Waals surface area contributed by atoms with Gasteiger partial charge in [0.1, 0.15) is 12.4 Å². The summed E-state index contributed by atoms with van der Waals surface area (Å²) in [6.07, 6.45) is -0.183. The minimum absolute atomic E-state index is 0.0530. The SMILES string of the molecule is COc1ccc(Br)cc1C(=O)CCC(=O)OCc1ccccc1[N+](=O)[O-]. The quantitative estimate of drug-likeness (QED) is 0.275. The summed E-state index contributed by atoms with van der Waals surface area (Å²) < 4.78 is 10.9. The molecule has 0 aromatic heterocycles. The fourth-order valence-corrected chi connectivity index (χ4v) is 2.65. The molecule has 0 aliphatic carbocycles. The Labute approximate surface area is 158 Å². The van der Waals surface area contributed by atoms with Crippen molar-refractivity contribution < 1.29 is 24.0 Å². The van der Waals surface area contributed by atoms with Gasteiger partial charge in [-0.05, 0) is 24.3 Å². The maximum atomic E-state index is 12.3. The Morgan fingerprint density at radius 3 is 2.58 bits per heavy atom. The number of methoxy groups -OCH3 is 1. The molecular weight excluding hydrogens is 406 g/mol. The van der Waals surface area contributed by atoms with E-state index in [0.29, 0.717) is 16.9 Å². The van der Waals surface area contributed by atoms with Gasteiger partial charge in [0.25, 0.3) is 5.69 Å². The van der Waals surface area contributed by atoms with Crippen LogP contribution in [0.5, 0.6) is 5.75 Å². The molecule has 0 radical (unpaired) electrons. The number of nitro benzene ring substituents is 1. The third-order valence-corrected chi connectivity index (χ3v) is 4.09. The van der Waals surface area contributed by atoms with Gasteiger partial charge in [0.2, 0.25) is 0 Å². The van der Waals surface area contributed by atoms with E-state index in [0.717, 1.165) is 4.47 Å². The number of ether oxygens (including phenoxy) is 2. The van der Waals surface area contributed by atoms with Crippen molar-refractivity contribution in [2.75, 3.05) is 7.11 Å². The van der Waals surface area contributed by atoms with Crippen LogP contribution in [0, 0.1) is 10.1 Å². The van der Waals surface area contributed by atoms with E-state index in [9.17, 15) is 19.7 Å². The second-order valence-electron chi connectivity index (χ2n) is 5.31. The molecule has 0 aliphatic heterocycles. The van der Waals surface area contributed by atoms with Crippen molar-refractivity contribution in [1.82, 2.24) is 0 Å². The normalized spacial score (nSPS) is 10.2. The van der Waals surface area contributed by atoms with E-state index in [1.165, 1.54) is 25.3 Å². The summed E-state index contributed by atoms with van der Waals surface area (Å²) in [6, 6.07) is 11.0. The molecule has 7 nitrogen and oxygen atoms in total. The third-order valence-electron chi connectivity index (χ3n) is 3.60. The van der Waals surface area contributed by atoms with E-state index in [2.05, 4.69) is 15.9 Å². The third kappa shape index (κ3) is 5.13. The fraction of sp³-hybridized carbons (Fsp3) is 0.222. The van der Waals surface area contributed by atoms with Crippen molar-refractivity contribution in [3.05, 3.63) is 68.2 Å². The zero-order chi connectivity index (χ0) is 19.1. The lowest BCUT2D eigenvalue weighted by Crippen LogP contribution is -2.10. The summed E-state index contributed by atoms with van der Waals surface area (Å²) in [5.41, 5.74) is 0.550. The van der Waals surface area contributed by atoms with Gasteiger partial charge in [-0.2, -0.15) is 0 Å². The van der Waals surface area contributed by atoms with Gasteiger partial charge in [0, 0.05) is 17.0 Å². The molecule has 0 spiro atoms.